The van der Waals surface area contributed by atoms with Crippen LogP contribution in [0.4, 0.5) is 0 Å². The second kappa shape index (κ2) is 4.56. The lowest BCUT2D eigenvalue weighted by atomic mass is 9.97. The molecule has 0 aliphatic carbocycles. The smallest absolute Gasteiger partial charge is 0.262 e. The molecule has 3 rings (SSSR count). The Hall–Kier alpha value is -1.94. The van der Waals surface area contributed by atoms with E-state index in [-0.39, 0.29) is 5.56 Å². The second-order valence-corrected chi connectivity index (χ2v) is 6.40. The average Bonchev–Trinajstić information content (AvgIpc) is 2.74. The standard InChI is InChI=1S/C16H16N2OS/c1-9-5-6-10(2)12(7-9)13-11(3)20-15-14(13)16(19)18(4)8-17-15/h5-8H,1-4H3. The summed E-state index contributed by atoms with van der Waals surface area (Å²) in [5.41, 5.74) is 4.59. The molecule has 2 heterocycles. The van der Waals surface area contributed by atoms with Gasteiger partial charge < -0.3 is 4.57 Å². The summed E-state index contributed by atoms with van der Waals surface area (Å²) < 4.78 is 1.54. The Kier molecular flexibility index (Phi) is 2.98. The molecule has 0 N–H and O–H groups in total. The molecule has 0 unspecified atom stereocenters. The summed E-state index contributed by atoms with van der Waals surface area (Å²) in [7, 11) is 1.74. The van der Waals surface area contributed by atoms with Crippen molar-refractivity contribution < 1.29 is 0 Å². The van der Waals surface area contributed by atoms with Crippen molar-refractivity contribution in [2.75, 3.05) is 0 Å². The van der Waals surface area contributed by atoms with Crippen LogP contribution in [0.2, 0.25) is 0 Å². The summed E-state index contributed by atoms with van der Waals surface area (Å²) in [5.74, 6) is 0. The number of hydrogen-bond donors (Lipinski definition) is 0. The zero-order valence-corrected chi connectivity index (χ0v) is 12.8. The summed E-state index contributed by atoms with van der Waals surface area (Å²) in [6.07, 6.45) is 1.59. The van der Waals surface area contributed by atoms with E-state index in [1.165, 1.54) is 11.1 Å². The van der Waals surface area contributed by atoms with Gasteiger partial charge in [-0.05, 0) is 31.9 Å². The number of aryl methyl sites for hydroxylation is 4. The van der Waals surface area contributed by atoms with Crippen LogP contribution in [-0.4, -0.2) is 9.55 Å². The fourth-order valence-electron chi connectivity index (χ4n) is 2.52. The van der Waals surface area contributed by atoms with Crippen molar-refractivity contribution in [3.63, 3.8) is 0 Å². The summed E-state index contributed by atoms with van der Waals surface area (Å²) in [4.78, 5) is 18.8. The van der Waals surface area contributed by atoms with Crippen molar-refractivity contribution in [1.29, 1.82) is 0 Å². The molecule has 102 valence electrons. The highest BCUT2D eigenvalue weighted by Crippen LogP contribution is 2.37. The normalized spacial score (nSPS) is 11.2. The van der Waals surface area contributed by atoms with E-state index in [9.17, 15) is 4.79 Å². The van der Waals surface area contributed by atoms with Crippen LogP contribution >= 0.6 is 11.3 Å². The van der Waals surface area contributed by atoms with Crippen molar-refractivity contribution in [3.8, 4) is 11.1 Å². The highest BCUT2D eigenvalue weighted by Gasteiger charge is 2.17. The van der Waals surface area contributed by atoms with Crippen molar-refractivity contribution in [2.45, 2.75) is 20.8 Å². The molecule has 2 aromatic heterocycles. The number of aromatic nitrogens is 2. The molecule has 3 nitrogen and oxygen atoms in total. The molecule has 0 bridgehead atoms. The maximum Gasteiger partial charge on any atom is 0.262 e. The van der Waals surface area contributed by atoms with Gasteiger partial charge in [-0.25, -0.2) is 4.98 Å². The lowest BCUT2D eigenvalue weighted by molar-refractivity contribution is 0.845. The Morgan fingerprint density at radius 3 is 2.70 bits per heavy atom. The summed E-state index contributed by atoms with van der Waals surface area (Å²) >= 11 is 1.59. The summed E-state index contributed by atoms with van der Waals surface area (Å²) in [6.45, 7) is 6.21. The maximum absolute atomic E-state index is 12.5. The van der Waals surface area contributed by atoms with Gasteiger partial charge >= 0.3 is 0 Å². The fourth-order valence-corrected chi connectivity index (χ4v) is 3.51. The largest absolute Gasteiger partial charge is 0.302 e. The van der Waals surface area contributed by atoms with Crippen LogP contribution in [0.5, 0.6) is 0 Å². The van der Waals surface area contributed by atoms with E-state index in [0.29, 0.717) is 0 Å². The molecule has 0 saturated carbocycles. The average molecular weight is 284 g/mol. The molecule has 0 saturated heterocycles. The molecule has 0 radical (unpaired) electrons. The minimum absolute atomic E-state index is 0.0234. The summed E-state index contributed by atoms with van der Waals surface area (Å²) in [6, 6.07) is 6.35. The minimum Gasteiger partial charge on any atom is -0.302 e. The number of thiophene rings is 1. The quantitative estimate of drug-likeness (QED) is 0.684. The van der Waals surface area contributed by atoms with Gasteiger partial charge in [0, 0.05) is 17.5 Å². The van der Waals surface area contributed by atoms with Crippen molar-refractivity contribution in [2.24, 2.45) is 7.05 Å². The van der Waals surface area contributed by atoms with Crippen LogP contribution in [0.1, 0.15) is 16.0 Å². The van der Waals surface area contributed by atoms with E-state index in [1.54, 1.807) is 29.3 Å². The molecular weight excluding hydrogens is 268 g/mol. The Morgan fingerprint density at radius 2 is 1.95 bits per heavy atom. The lowest BCUT2D eigenvalue weighted by Gasteiger charge is -2.08. The van der Waals surface area contributed by atoms with E-state index in [4.69, 9.17) is 0 Å². The minimum atomic E-state index is 0.0234. The van der Waals surface area contributed by atoms with Crippen LogP contribution in [0.3, 0.4) is 0 Å². The molecule has 0 atom stereocenters. The third-order valence-corrected chi connectivity index (χ3v) is 4.62. The van der Waals surface area contributed by atoms with Crippen LogP contribution in [0.25, 0.3) is 21.3 Å². The first-order valence-electron chi connectivity index (χ1n) is 6.51. The number of benzene rings is 1. The van der Waals surface area contributed by atoms with Crippen molar-refractivity contribution in [1.82, 2.24) is 9.55 Å². The molecule has 3 aromatic rings. The maximum atomic E-state index is 12.5. The predicted octanol–water partition coefficient (Wildman–Crippen LogP) is 3.59. The molecular formula is C16H16N2OS. The molecule has 0 spiro atoms. The van der Waals surface area contributed by atoms with E-state index < -0.39 is 0 Å². The van der Waals surface area contributed by atoms with Crippen LogP contribution in [-0.2, 0) is 7.05 Å². The number of nitrogens with zero attached hydrogens (tertiary/aromatic N) is 2. The van der Waals surface area contributed by atoms with Gasteiger partial charge in [-0.15, -0.1) is 11.3 Å². The van der Waals surface area contributed by atoms with Gasteiger partial charge in [-0.2, -0.15) is 0 Å². The zero-order chi connectivity index (χ0) is 14.4. The van der Waals surface area contributed by atoms with Crippen LogP contribution in [0.15, 0.2) is 29.3 Å². The van der Waals surface area contributed by atoms with Gasteiger partial charge in [0.15, 0.2) is 0 Å². The third kappa shape index (κ3) is 1.88. The summed E-state index contributed by atoms with van der Waals surface area (Å²) in [5, 5.41) is 0.742. The third-order valence-electron chi connectivity index (χ3n) is 3.61. The van der Waals surface area contributed by atoms with Crippen molar-refractivity contribution in [3.05, 3.63) is 50.9 Å². The molecule has 0 fully saturated rings. The topological polar surface area (TPSA) is 34.9 Å². The first-order chi connectivity index (χ1) is 9.49. The Bertz CT molecular complexity index is 874. The van der Waals surface area contributed by atoms with E-state index >= 15 is 0 Å². The second-order valence-electron chi connectivity index (χ2n) is 5.19. The molecule has 0 aliphatic heterocycles. The van der Waals surface area contributed by atoms with Crippen molar-refractivity contribution >= 4 is 21.6 Å². The molecule has 0 amide bonds. The van der Waals surface area contributed by atoms with E-state index in [1.807, 2.05) is 0 Å². The number of fused-ring (bicyclic) bond motifs is 1. The van der Waals surface area contributed by atoms with E-state index in [0.717, 1.165) is 26.2 Å². The first-order valence-corrected chi connectivity index (χ1v) is 7.33. The molecule has 20 heavy (non-hydrogen) atoms. The molecule has 4 heteroatoms. The Morgan fingerprint density at radius 1 is 1.20 bits per heavy atom. The van der Waals surface area contributed by atoms with Crippen LogP contribution < -0.4 is 5.56 Å². The van der Waals surface area contributed by atoms with E-state index in [2.05, 4.69) is 44.0 Å². The Labute approximate surface area is 121 Å². The predicted molar refractivity (Wildman–Crippen MR) is 84.5 cm³/mol. The van der Waals surface area contributed by atoms with Gasteiger partial charge in [-0.3, -0.25) is 4.79 Å². The Balaban J connectivity index is 2.48. The van der Waals surface area contributed by atoms with Gasteiger partial charge in [-0.1, -0.05) is 23.8 Å². The van der Waals surface area contributed by atoms with Gasteiger partial charge in [0.25, 0.3) is 5.56 Å². The lowest BCUT2D eigenvalue weighted by Crippen LogP contribution is -2.16. The molecule has 0 aliphatic rings. The number of rotatable bonds is 1. The highest BCUT2D eigenvalue weighted by molar-refractivity contribution is 7.19. The highest BCUT2D eigenvalue weighted by atomic mass is 32.1. The first kappa shape index (κ1) is 13.1. The zero-order valence-electron chi connectivity index (χ0n) is 12.0. The number of hydrogen-bond acceptors (Lipinski definition) is 3. The molecule has 1 aromatic carbocycles. The van der Waals surface area contributed by atoms with Crippen LogP contribution in [0, 0.1) is 20.8 Å². The SMILES string of the molecule is Cc1ccc(C)c(-c2c(C)sc3ncn(C)c(=O)c23)c1. The van der Waals surface area contributed by atoms with Gasteiger partial charge in [0.2, 0.25) is 0 Å². The van der Waals surface area contributed by atoms with Gasteiger partial charge in [0.1, 0.15) is 4.83 Å². The van der Waals surface area contributed by atoms with Gasteiger partial charge in [0.05, 0.1) is 11.7 Å². The monoisotopic (exact) mass is 284 g/mol. The fraction of sp³-hybridized carbons (Fsp3) is 0.250.